The van der Waals surface area contributed by atoms with Gasteiger partial charge in [0, 0.05) is 23.9 Å². The molecule has 6 heteroatoms. The third kappa shape index (κ3) is 4.25. The normalized spacial score (nSPS) is 14.3. The summed E-state index contributed by atoms with van der Waals surface area (Å²) in [7, 11) is 0. The maximum absolute atomic E-state index is 12.7. The molecular formula is C23H22ClN3O2. The number of carbonyl (C=O) groups is 1. The van der Waals surface area contributed by atoms with Crippen molar-refractivity contribution < 1.29 is 4.79 Å². The van der Waals surface area contributed by atoms with E-state index >= 15 is 0 Å². The summed E-state index contributed by atoms with van der Waals surface area (Å²) in [4.78, 5) is 34.8. The predicted octanol–water partition coefficient (Wildman–Crippen LogP) is 3.70. The van der Waals surface area contributed by atoms with Gasteiger partial charge in [-0.25, -0.2) is 4.98 Å². The molecule has 29 heavy (non-hydrogen) atoms. The van der Waals surface area contributed by atoms with Gasteiger partial charge < -0.3 is 9.88 Å². The van der Waals surface area contributed by atoms with Gasteiger partial charge >= 0.3 is 0 Å². The quantitative estimate of drug-likeness (QED) is 0.717. The molecule has 5 nitrogen and oxygen atoms in total. The van der Waals surface area contributed by atoms with Crippen molar-refractivity contribution in [3.05, 3.63) is 98.2 Å². The van der Waals surface area contributed by atoms with Gasteiger partial charge in [-0.1, -0.05) is 61.0 Å². The van der Waals surface area contributed by atoms with Crippen molar-refractivity contribution in [3.8, 4) is 0 Å². The Hall–Kier alpha value is -2.92. The Bertz CT molecular complexity index is 1090. The molecule has 0 radical (unpaired) electrons. The first-order chi connectivity index (χ1) is 14.0. The van der Waals surface area contributed by atoms with Crippen LogP contribution >= 0.6 is 11.6 Å². The fraction of sp³-hybridized carbons (Fsp3) is 0.261. The van der Waals surface area contributed by atoms with E-state index in [9.17, 15) is 9.59 Å². The fourth-order valence-corrected chi connectivity index (χ4v) is 3.91. The lowest BCUT2D eigenvalue weighted by atomic mass is 9.99. The van der Waals surface area contributed by atoms with Crippen LogP contribution < -0.4 is 5.56 Å². The first-order valence-electron chi connectivity index (χ1n) is 9.70. The zero-order valence-electron chi connectivity index (χ0n) is 16.2. The molecule has 3 aromatic rings. The standard InChI is InChI=1S/C23H22ClN3O2/c1-15(17-7-3-2-4-8-17)22-25-20-10-11-27(14-19(20)23(29)26-22)21(28)13-16-6-5-9-18(24)12-16/h2-9,12,15H,10-11,13-14H2,1H3,(H,25,26,29). The van der Waals surface area contributed by atoms with Gasteiger partial charge in [0.15, 0.2) is 0 Å². The van der Waals surface area contributed by atoms with Gasteiger partial charge in [0.05, 0.1) is 24.2 Å². The zero-order valence-corrected chi connectivity index (χ0v) is 16.9. The number of benzene rings is 2. The largest absolute Gasteiger partial charge is 0.337 e. The Morgan fingerprint density at radius 2 is 2.00 bits per heavy atom. The highest BCUT2D eigenvalue weighted by Gasteiger charge is 2.25. The number of carbonyl (C=O) groups excluding carboxylic acids is 1. The lowest BCUT2D eigenvalue weighted by molar-refractivity contribution is -0.131. The summed E-state index contributed by atoms with van der Waals surface area (Å²) >= 11 is 6.01. The van der Waals surface area contributed by atoms with Gasteiger partial charge in [-0.05, 0) is 23.3 Å². The van der Waals surface area contributed by atoms with Crippen LogP contribution in [0.3, 0.4) is 0 Å². The molecule has 2 aromatic carbocycles. The van der Waals surface area contributed by atoms with Crippen LogP contribution in [-0.4, -0.2) is 27.3 Å². The molecule has 0 spiro atoms. The summed E-state index contributed by atoms with van der Waals surface area (Å²) in [5, 5.41) is 0.611. The van der Waals surface area contributed by atoms with Crippen LogP contribution in [0.5, 0.6) is 0 Å². The first-order valence-corrected chi connectivity index (χ1v) is 10.1. The Labute approximate surface area is 174 Å². The van der Waals surface area contributed by atoms with Crippen molar-refractivity contribution in [2.24, 2.45) is 0 Å². The van der Waals surface area contributed by atoms with Gasteiger partial charge in [-0.2, -0.15) is 0 Å². The number of hydrogen-bond donors (Lipinski definition) is 1. The third-order valence-corrected chi connectivity index (χ3v) is 5.63. The second-order valence-corrected chi connectivity index (χ2v) is 7.82. The molecule has 0 bridgehead atoms. The van der Waals surface area contributed by atoms with Crippen LogP contribution in [0.1, 0.15) is 41.1 Å². The highest BCUT2D eigenvalue weighted by atomic mass is 35.5. The molecule has 0 saturated heterocycles. The molecule has 0 aliphatic carbocycles. The van der Waals surface area contributed by atoms with Crippen LogP contribution in [0, 0.1) is 0 Å². The molecule has 4 rings (SSSR count). The topological polar surface area (TPSA) is 66.1 Å². The summed E-state index contributed by atoms with van der Waals surface area (Å²) in [6.07, 6.45) is 0.847. The number of fused-ring (bicyclic) bond motifs is 1. The molecule has 1 aliphatic heterocycles. The van der Waals surface area contributed by atoms with Crippen molar-refractivity contribution >= 4 is 17.5 Å². The van der Waals surface area contributed by atoms with E-state index in [0.29, 0.717) is 29.4 Å². The van der Waals surface area contributed by atoms with E-state index in [1.165, 1.54) is 0 Å². The van der Waals surface area contributed by atoms with Gasteiger partial charge in [0.25, 0.3) is 5.56 Å². The Balaban J connectivity index is 1.53. The van der Waals surface area contributed by atoms with Crippen LogP contribution in [0.2, 0.25) is 5.02 Å². The van der Waals surface area contributed by atoms with Gasteiger partial charge in [-0.3, -0.25) is 9.59 Å². The van der Waals surface area contributed by atoms with Crippen molar-refractivity contribution in [1.82, 2.24) is 14.9 Å². The molecule has 1 unspecified atom stereocenters. The van der Waals surface area contributed by atoms with Crippen LogP contribution in [0.4, 0.5) is 0 Å². The minimum absolute atomic E-state index is 0.00306. The smallest absolute Gasteiger partial charge is 0.256 e. The van der Waals surface area contributed by atoms with Crippen molar-refractivity contribution in [2.45, 2.75) is 32.2 Å². The number of aromatic amines is 1. The maximum atomic E-state index is 12.7. The van der Waals surface area contributed by atoms with Gasteiger partial charge in [-0.15, -0.1) is 0 Å². The number of halogens is 1. The van der Waals surface area contributed by atoms with E-state index in [4.69, 9.17) is 16.6 Å². The van der Waals surface area contributed by atoms with E-state index < -0.39 is 0 Å². The van der Waals surface area contributed by atoms with Crippen molar-refractivity contribution in [2.75, 3.05) is 6.54 Å². The maximum Gasteiger partial charge on any atom is 0.256 e. The number of rotatable bonds is 4. The monoisotopic (exact) mass is 407 g/mol. The van der Waals surface area contributed by atoms with Crippen molar-refractivity contribution in [1.29, 1.82) is 0 Å². The number of amides is 1. The van der Waals surface area contributed by atoms with Crippen molar-refractivity contribution in [3.63, 3.8) is 0 Å². The molecule has 0 fully saturated rings. The average Bonchev–Trinajstić information content (AvgIpc) is 2.73. The number of nitrogens with one attached hydrogen (secondary N) is 1. The van der Waals surface area contributed by atoms with E-state index in [0.717, 1.165) is 16.8 Å². The summed E-state index contributed by atoms with van der Waals surface area (Å²) in [6, 6.07) is 17.3. The molecule has 1 N–H and O–H groups in total. The predicted molar refractivity (Wildman–Crippen MR) is 113 cm³/mol. The Morgan fingerprint density at radius 1 is 1.21 bits per heavy atom. The molecule has 1 aromatic heterocycles. The SMILES string of the molecule is CC(c1ccccc1)c1nc2c(c(=O)[nH]1)CN(C(=O)Cc1cccc(Cl)c1)CC2. The van der Waals surface area contributed by atoms with Crippen LogP contribution in [-0.2, 0) is 24.2 Å². The molecule has 2 heterocycles. The lowest BCUT2D eigenvalue weighted by Gasteiger charge is -2.28. The lowest BCUT2D eigenvalue weighted by Crippen LogP contribution is -2.40. The highest BCUT2D eigenvalue weighted by molar-refractivity contribution is 6.30. The molecule has 1 atom stereocenters. The number of H-pyrrole nitrogens is 1. The Morgan fingerprint density at radius 3 is 2.76 bits per heavy atom. The third-order valence-electron chi connectivity index (χ3n) is 5.39. The van der Waals surface area contributed by atoms with E-state index in [1.807, 2.05) is 49.4 Å². The number of hydrogen-bond acceptors (Lipinski definition) is 3. The van der Waals surface area contributed by atoms with E-state index in [1.54, 1.807) is 17.0 Å². The van der Waals surface area contributed by atoms with Gasteiger partial charge in [0.2, 0.25) is 5.91 Å². The minimum atomic E-state index is -0.159. The minimum Gasteiger partial charge on any atom is -0.337 e. The molecule has 0 saturated carbocycles. The summed E-state index contributed by atoms with van der Waals surface area (Å²) in [5.41, 5.74) is 3.18. The highest BCUT2D eigenvalue weighted by Crippen LogP contribution is 2.22. The average molecular weight is 408 g/mol. The van der Waals surface area contributed by atoms with Crippen LogP contribution in [0.25, 0.3) is 0 Å². The molecular weight excluding hydrogens is 386 g/mol. The fourth-order valence-electron chi connectivity index (χ4n) is 3.70. The Kier molecular flexibility index (Phi) is 5.49. The molecule has 148 valence electrons. The summed E-state index contributed by atoms with van der Waals surface area (Å²) in [5.74, 6) is 0.648. The second-order valence-electron chi connectivity index (χ2n) is 7.38. The van der Waals surface area contributed by atoms with Crippen LogP contribution in [0.15, 0.2) is 59.4 Å². The summed E-state index contributed by atoms with van der Waals surface area (Å²) in [6.45, 7) is 2.88. The van der Waals surface area contributed by atoms with Gasteiger partial charge in [0.1, 0.15) is 5.82 Å². The first kappa shape index (κ1) is 19.4. The second kappa shape index (κ2) is 8.21. The number of nitrogens with zero attached hydrogens (tertiary/aromatic N) is 2. The molecule has 1 amide bonds. The van der Waals surface area contributed by atoms with E-state index in [-0.39, 0.29) is 30.3 Å². The summed E-state index contributed by atoms with van der Waals surface area (Å²) < 4.78 is 0. The zero-order chi connectivity index (χ0) is 20.4. The van der Waals surface area contributed by atoms with E-state index in [2.05, 4.69) is 4.98 Å². The molecule has 1 aliphatic rings. The number of aromatic nitrogens is 2.